The van der Waals surface area contributed by atoms with Gasteiger partial charge in [-0.25, -0.2) is 9.18 Å². The van der Waals surface area contributed by atoms with Crippen molar-refractivity contribution in [3.8, 4) is 16.5 Å². The molecule has 9 heteroatoms. The van der Waals surface area contributed by atoms with E-state index in [0.29, 0.717) is 15.6 Å². The molecule has 1 fully saturated rings. The molecule has 4 aromatic rings. The van der Waals surface area contributed by atoms with E-state index in [4.69, 9.17) is 0 Å². The van der Waals surface area contributed by atoms with Crippen LogP contribution in [0.4, 0.5) is 9.18 Å². The highest BCUT2D eigenvalue weighted by Crippen LogP contribution is 2.38. The van der Waals surface area contributed by atoms with Crippen molar-refractivity contribution >= 4 is 34.0 Å². The number of aromatic nitrogens is 2. The first-order chi connectivity index (χ1) is 14.5. The van der Waals surface area contributed by atoms with Gasteiger partial charge in [0.05, 0.1) is 17.1 Å². The Morgan fingerprint density at radius 1 is 1.17 bits per heavy atom. The van der Waals surface area contributed by atoms with Crippen LogP contribution >= 0.6 is 11.3 Å². The zero-order valence-electron chi connectivity index (χ0n) is 15.4. The highest BCUT2D eigenvalue weighted by Gasteiger charge is 2.49. The van der Waals surface area contributed by atoms with Crippen molar-refractivity contribution < 1.29 is 19.1 Å². The summed E-state index contributed by atoms with van der Waals surface area (Å²) in [6.45, 7) is -0.0606. The number of benzene rings is 1. The van der Waals surface area contributed by atoms with Gasteiger partial charge in [0.1, 0.15) is 5.82 Å². The van der Waals surface area contributed by atoms with Crippen molar-refractivity contribution in [3.05, 3.63) is 71.6 Å². The van der Waals surface area contributed by atoms with Crippen molar-refractivity contribution in [2.24, 2.45) is 0 Å². The third-order valence-electron chi connectivity index (χ3n) is 5.12. The first kappa shape index (κ1) is 18.3. The van der Waals surface area contributed by atoms with Crippen molar-refractivity contribution in [3.63, 3.8) is 0 Å². The molecular formula is C21H15FN4O3S. The van der Waals surface area contributed by atoms with Gasteiger partial charge in [0.15, 0.2) is 11.4 Å². The van der Waals surface area contributed by atoms with E-state index in [-0.39, 0.29) is 12.4 Å². The topological polar surface area (TPSA) is 96.2 Å². The maximum atomic E-state index is 13.6. The lowest BCUT2D eigenvalue weighted by molar-refractivity contribution is -0.124. The number of hydrogen-bond donors (Lipinski definition) is 3. The predicted molar refractivity (Wildman–Crippen MR) is 109 cm³/mol. The van der Waals surface area contributed by atoms with E-state index >= 15 is 0 Å². The molecule has 1 atom stereocenters. The highest BCUT2D eigenvalue weighted by atomic mass is 32.1. The van der Waals surface area contributed by atoms with E-state index in [0.717, 1.165) is 10.6 Å². The Balaban J connectivity index is 1.60. The van der Waals surface area contributed by atoms with Gasteiger partial charge >= 0.3 is 6.03 Å². The maximum absolute atomic E-state index is 13.6. The summed E-state index contributed by atoms with van der Waals surface area (Å²) in [5, 5.41) is 16.6. The summed E-state index contributed by atoms with van der Waals surface area (Å²) in [4.78, 5) is 30.7. The van der Waals surface area contributed by atoms with Crippen LogP contribution in [0.15, 0.2) is 60.9 Å². The van der Waals surface area contributed by atoms with Gasteiger partial charge in [0.25, 0.3) is 5.91 Å². The fourth-order valence-electron chi connectivity index (χ4n) is 3.66. The molecule has 5 rings (SSSR count). The van der Waals surface area contributed by atoms with E-state index in [1.807, 2.05) is 24.3 Å². The Hall–Kier alpha value is -3.72. The summed E-state index contributed by atoms with van der Waals surface area (Å²) >= 11 is 1.33. The quantitative estimate of drug-likeness (QED) is 0.440. The standard InChI is InChI=1S/C21H15FN4O3S/c22-13-5-4-12-10-26(18(27)14(12)9-13)11-21(19(28)24-20(29)25-21)17-7-6-16(30-17)15-3-1-2-8-23-15/h1-10,27H,11H2,(H2,24,25,28,29). The maximum Gasteiger partial charge on any atom is 0.322 e. The zero-order valence-corrected chi connectivity index (χ0v) is 16.2. The Morgan fingerprint density at radius 3 is 2.77 bits per heavy atom. The van der Waals surface area contributed by atoms with Crippen LogP contribution in [-0.2, 0) is 16.9 Å². The Kier molecular flexibility index (Phi) is 4.07. The molecule has 7 nitrogen and oxygen atoms in total. The molecule has 3 amide bonds. The van der Waals surface area contributed by atoms with Gasteiger partial charge in [-0.2, -0.15) is 0 Å². The molecule has 0 aliphatic carbocycles. The summed E-state index contributed by atoms with van der Waals surface area (Å²) < 4.78 is 15.0. The molecule has 1 unspecified atom stereocenters. The minimum absolute atomic E-state index is 0.0606. The molecule has 0 bridgehead atoms. The summed E-state index contributed by atoms with van der Waals surface area (Å²) in [6, 6.07) is 12.6. The van der Waals surface area contributed by atoms with Crippen molar-refractivity contribution in [1.82, 2.24) is 20.2 Å². The van der Waals surface area contributed by atoms with Gasteiger partial charge in [-0.15, -0.1) is 11.3 Å². The van der Waals surface area contributed by atoms with Gasteiger partial charge < -0.3 is 15.0 Å². The summed E-state index contributed by atoms with van der Waals surface area (Å²) in [6.07, 6.45) is 3.30. The SMILES string of the molecule is O=C1NC(=O)C(Cn2cc3ccc(F)cc3c2O)(c2ccc(-c3ccccn3)s2)N1. The first-order valence-corrected chi connectivity index (χ1v) is 9.91. The third-order valence-corrected chi connectivity index (χ3v) is 6.39. The average molecular weight is 422 g/mol. The fourth-order valence-corrected chi connectivity index (χ4v) is 4.78. The monoisotopic (exact) mass is 422 g/mol. The second-order valence-corrected chi connectivity index (χ2v) is 8.09. The number of thiophene rings is 1. The number of rotatable bonds is 4. The van der Waals surface area contributed by atoms with Crippen molar-refractivity contribution in [2.75, 3.05) is 0 Å². The lowest BCUT2D eigenvalue weighted by Crippen LogP contribution is -2.46. The molecular weight excluding hydrogens is 407 g/mol. The number of pyridine rings is 1. The summed E-state index contributed by atoms with van der Waals surface area (Å²) in [5.74, 6) is -1.18. The van der Waals surface area contributed by atoms with Crippen LogP contribution in [0.25, 0.3) is 21.3 Å². The number of aromatic hydroxyl groups is 1. The van der Waals surface area contributed by atoms with Crippen molar-refractivity contribution in [1.29, 1.82) is 0 Å². The molecule has 0 saturated carbocycles. The molecule has 3 aromatic heterocycles. The van der Waals surface area contributed by atoms with Gasteiger partial charge in [-0.05, 0) is 42.5 Å². The van der Waals surface area contributed by atoms with Gasteiger partial charge in [-0.3, -0.25) is 15.1 Å². The van der Waals surface area contributed by atoms with E-state index in [1.165, 1.54) is 28.0 Å². The molecule has 3 N–H and O–H groups in total. The van der Waals surface area contributed by atoms with Crippen LogP contribution < -0.4 is 10.6 Å². The van der Waals surface area contributed by atoms with Crippen LogP contribution in [-0.4, -0.2) is 26.6 Å². The van der Waals surface area contributed by atoms with E-state index in [2.05, 4.69) is 15.6 Å². The second-order valence-electron chi connectivity index (χ2n) is 7.00. The second kappa shape index (κ2) is 6.67. The van der Waals surface area contributed by atoms with Crippen LogP contribution in [0.2, 0.25) is 0 Å². The average Bonchev–Trinajstić information content (AvgIpc) is 3.41. The first-order valence-electron chi connectivity index (χ1n) is 9.09. The lowest BCUT2D eigenvalue weighted by atomic mass is 9.97. The minimum atomic E-state index is -1.42. The van der Waals surface area contributed by atoms with E-state index in [1.54, 1.807) is 24.5 Å². The largest absolute Gasteiger partial charge is 0.494 e. The molecule has 1 aliphatic rings. The Morgan fingerprint density at radius 2 is 2.03 bits per heavy atom. The van der Waals surface area contributed by atoms with E-state index in [9.17, 15) is 19.1 Å². The summed E-state index contributed by atoms with van der Waals surface area (Å²) in [7, 11) is 0. The van der Waals surface area contributed by atoms with Crippen molar-refractivity contribution in [2.45, 2.75) is 12.1 Å². The zero-order chi connectivity index (χ0) is 20.9. The van der Waals surface area contributed by atoms with Gasteiger partial charge in [-0.1, -0.05) is 6.07 Å². The minimum Gasteiger partial charge on any atom is -0.494 e. The molecule has 30 heavy (non-hydrogen) atoms. The normalized spacial score (nSPS) is 18.6. The number of fused-ring (bicyclic) bond motifs is 1. The Labute approximate surface area is 173 Å². The van der Waals surface area contributed by atoms with Gasteiger partial charge in [0.2, 0.25) is 0 Å². The number of amides is 3. The number of nitrogens with one attached hydrogen (secondary N) is 2. The molecule has 150 valence electrons. The summed E-state index contributed by atoms with van der Waals surface area (Å²) in [5.41, 5.74) is -0.668. The molecule has 0 spiro atoms. The van der Waals surface area contributed by atoms with E-state index < -0.39 is 23.3 Å². The third kappa shape index (κ3) is 2.82. The van der Waals surface area contributed by atoms with Crippen LogP contribution in [0.1, 0.15) is 4.88 Å². The number of nitrogens with zero attached hydrogens (tertiary/aromatic N) is 2. The van der Waals surface area contributed by atoms with Crippen LogP contribution in [0, 0.1) is 5.82 Å². The predicted octanol–water partition coefficient (Wildman–Crippen LogP) is 3.34. The number of hydrogen-bond acceptors (Lipinski definition) is 5. The van der Waals surface area contributed by atoms with Gasteiger partial charge in [0, 0.05) is 28.0 Å². The molecule has 1 aliphatic heterocycles. The highest BCUT2D eigenvalue weighted by molar-refractivity contribution is 7.15. The number of urea groups is 1. The molecule has 0 radical (unpaired) electrons. The number of carbonyl (C=O) groups excluding carboxylic acids is 2. The number of halogens is 1. The number of imide groups is 1. The smallest absolute Gasteiger partial charge is 0.322 e. The van der Waals surface area contributed by atoms with Crippen LogP contribution in [0.5, 0.6) is 5.88 Å². The Bertz CT molecular complexity index is 1300. The molecule has 4 heterocycles. The number of carbonyl (C=O) groups is 2. The molecule has 1 aromatic carbocycles. The van der Waals surface area contributed by atoms with Crippen LogP contribution in [0.3, 0.4) is 0 Å². The lowest BCUT2D eigenvalue weighted by Gasteiger charge is -2.25. The molecule has 1 saturated heterocycles. The fraction of sp³-hybridized carbons (Fsp3) is 0.0952.